The Morgan fingerprint density at radius 3 is 2.80 bits per heavy atom. The maximum absolute atomic E-state index is 12.5. The summed E-state index contributed by atoms with van der Waals surface area (Å²) in [4.78, 5) is 21.4. The van der Waals surface area contributed by atoms with Gasteiger partial charge in [-0.25, -0.2) is 4.98 Å². The summed E-state index contributed by atoms with van der Waals surface area (Å²) in [5.41, 5.74) is 5.94. The second-order valence-electron chi connectivity index (χ2n) is 5.13. The lowest BCUT2D eigenvalue weighted by Gasteiger charge is -2.23. The molecular weight excluding hydrogens is 292 g/mol. The molecule has 0 bridgehead atoms. The summed E-state index contributed by atoms with van der Waals surface area (Å²) in [5, 5.41) is 0.884. The molecule has 20 heavy (non-hydrogen) atoms. The summed E-state index contributed by atoms with van der Waals surface area (Å²) in [6.07, 6.45) is 4.42. The van der Waals surface area contributed by atoms with Crippen LogP contribution < -0.4 is 10.6 Å². The Bertz CT molecular complexity index is 471. The van der Waals surface area contributed by atoms with Gasteiger partial charge in [-0.1, -0.05) is 11.3 Å². The molecule has 1 amide bonds. The first-order chi connectivity index (χ1) is 9.54. The van der Waals surface area contributed by atoms with E-state index in [1.54, 1.807) is 16.7 Å². The Morgan fingerprint density at radius 1 is 1.55 bits per heavy atom. The Balaban J connectivity index is 2.13. The highest BCUT2D eigenvalue weighted by molar-refractivity contribution is 7.98. The van der Waals surface area contributed by atoms with Gasteiger partial charge in [-0.15, -0.1) is 0 Å². The van der Waals surface area contributed by atoms with E-state index in [1.807, 2.05) is 20.2 Å². The molecule has 1 aromatic heterocycles. The summed E-state index contributed by atoms with van der Waals surface area (Å²) >= 11 is 3.16. The number of rotatable bonds is 5. The first-order valence-electron chi connectivity index (χ1n) is 6.82. The second kappa shape index (κ2) is 6.67. The van der Waals surface area contributed by atoms with Crippen LogP contribution >= 0.6 is 23.1 Å². The average molecular weight is 314 g/mol. The van der Waals surface area contributed by atoms with E-state index in [4.69, 9.17) is 5.73 Å². The van der Waals surface area contributed by atoms with E-state index in [2.05, 4.69) is 9.88 Å². The monoisotopic (exact) mass is 314 g/mol. The number of hydrogen-bond acceptors (Lipinski definition) is 6. The number of nitrogen functional groups attached to an aromatic ring is 1. The van der Waals surface area contributed by atoms with Crippen molar-refractivity contribution >= 4 is 40.0 Å². The van der Waals surface area contributed by atoms with Crippen molar-refractivity contribution in [1.29, 1.82) is 0 Å². The number of thiazole rings is 1. The van der Waals surface area contributed by atoms with Crippen LogP contribution in [-0.2, 0) is 0 Å². The van der Waals surface area contributed by atoms with E-state index in [0.717, 1.165) is 24.0 Å². The quantitative estimate of drug-likeness (QED) is 0.902. The Kier molecular flexibility index (Phi) is 5.15. The number of amides is 1. The fraction of sp³-hybridized carbons (Fsp3) is 0.692. The number of carbonyl (C=O) groups is 1. The highest BCUT2D eigenvalue weighted by Crippen LogP contribution is 2.31. The number of thioether (sulfide) groups is 1. The van der Waals surface area contributed by atoms with Gasteiger partial charge in [-0.3, -0.25) is 4.79 Å². The Labute approximate surface area is 128 Å². The molecule has 2 heterocycles. The predicted molar refractivity (Wildman–Crippen MR) is 87.9 cm³/mol. The van der Waals surface area contributed by atoms with E-state index >= 15 is 0 Å². The normalized spacial score (nSPS) is 16.4. The van der Waals surface area contributed by atoms with Crippen molar-refractivity contribution in [3.05, 3.63) is 4.88 Å². The van der Waals surface area contributed by atoms with Crippen LogP contribution in [0.25, 0.3) is 0 Å². The first-order valence-corrected chi connectivity index (χ1v) is 9.03. The Morgan fingerprint density at radius 2 is 2.20 bits per heavy atom. The molecule has 0 saturated carbocycles. The van der Waals surface area contributed by atoms with Crippen LogP contribution in [0.4, 0.5) is 10.9 Å². The summed E-state index contributed by atoms with van der Waals surface area (Å²) in [5.74, 6) is 1.26. The number of hydrogen-bond donors (Lipinski definition) is 1. The Hall–Kier alpha value is -0.950. The largest absolute Gasteiger partial charge is 0.382 e. The molecule has 0 aliphatic carbocycles. The molecule has 112 valence electrons. The van der Waals surface area contributed by atoms with Gasteiger partial charge in [0.2, 0.25) is 0 Å². The van der Waals surface area contributed by atoms with Gasteiger partial charge in [0.05, 0.1) is 0 Å². The van der Waals surface area contributed by atoms with Gasteiger partial charge in [0.25, 0.3) is 5.91 Å². The fourth-order valence-corrected chi connectivity index (χ4v) is 3.96. The summed E-state index contributed by atoms with van der Waals surface area (Å²) in [6, 6.07) is 0.189. The molecule has 1 aromatic rings. The molecule has 1 aliphatic rings. The molecule has 5 nitrogen and oxygen atoms in total. The van der Waals surface area contributed by atoms with Crippen molar-refractivity contribution in [1.82, 2.24) is 9.88 Å². The lowest BCUT2D eigenvalue weighted by Crippen LogP contribution is -2.36. The molecule has 2 rings (SSSR count). The van der Waals surface area contributed by atoms with Crippen LogP contribution in [-0.4, -0.2) is 54.0 Å². The van der Waals surface area contributed by atoms with E-state index < -0.39 is 0 Å². The standard InChI is InChI=1S/C13H22N4OS2/c1-9(8-19-3)16(2)12(18)10-11(14)15-13(20-10)17-6-4-5-7-17/h9H,4-8,14H2,1-3H3. The van der Waals surface area contributed by atoms with Crippen LogP contribution in [0.1, 0.15) is 29.4 Å². The third-order valence-electron chi connectivity index (χ3n) is 3.60. The molecular formula is C13H22N4OS2. The molecule has 7 heteroatoms. The van der Waals surface area contributed by atoms with Crippen molar-refractivity contribution < 1.29 is 4.79 Å². The number of nitrogens with zero attached hydrogens (tertiary/aromatic N) is 3. The highest BCUT2D eigenvalue weighted by atomic mass is 32.2. The smallest absolute Gasteiger partial charge is 0.267 e. The molecule has 0 aromatic carbocycles. The van der Waals surface area contributed by atoms with E-state index in [1.165, 1.54) is 24.2 Å². The lowest BCUT2D eigenvalue weighted by atomic mass is 10.3. The minimum Gasteiger partial charge on any atom is -0.382 e. The maximum atomic E-state index is 12.5. The van der Waals surface area contributed by atoms with E-state index in [-0.39, 0.29) is 11.9 Å². The van der Waals surface area contributed by atoms with Crippen LogP contribution in [0, 0.1) is 0 Å². The van der Waals surface area contributed by atoms with E-state index in [0.29, 0.717) is 10.7 Å². The van der Waals surface area contributed by atoms with Gasteiger partial charge in [-0.2, -0.15) is 11.8 Å². The lowest BCUT2D eigenvalue weighted by molar-refractivity contribution is 0.0763. The van der Waals surface area contributed by atoms with Crippen LogP contribution in [0.2, 0.25) is 0 Å². The van der Waals surface area contributed by atoms with Crippen LogP contribution in [0.3, 0.4) is 0 Å². The molecule has 0 spiro atoms. The van der Waals surface area contributed by atoms with Crippen molar-refractivity contribution in [3.63, 3.8) is 0 Å². The first kappa shape index (κ1) is 15.4. The van der Waals surface area contributed by atoms with Gasteiger partial charge in [0.15, 0.2) is 5.13 Å². The van der Waals surface area contributed by atoms with Crippen LogP contribution in [0.15, 0.2) is 0 Å². The van der Waals surface area contributed by atoms with Gasteiger partial charge >= 0.3 is 0 Å². The van der Waals surface area contributed by atoms with Gasteiger partial charge < -0.3 is 15.5 Å². The van der Waals surface area contributed by atoms with Crippen LogP contribution in [0.5, 0.6) is 0 Å². The number of nitrogens with two attached hydrogens (primary N) is 1. The van der Waals surface area contributed by atoms with Gasteiger partial charge in [-0.05, 0) is 26.0 Å². The average Bonchev–Trinajstić information content (AvgIpc) is 3.06. The van der Waals surface area contributed by atoms with Crippen molar-refractivity contribution in [2.24, 2.45) is 0 Å². The number of aromatic nitrogens is 1. The topological polar surface area (TPSA) is 62.5 Å². The van der Waals surface area contributed by atoms with Gasteiger partial charge in [0, 0.05) is 31.9 Å². The van der Waals surface area contributed by atoms with E-state index in [9.17, 15) is 4.79 Å². The molecule has 1 unspecified atom stereocenters. The minimum atomic E-state index is -0.0213. The molecule has 1 saturated heterocycles. The molecule has 0 radical (unpaired) electrons. The summed E-state index contributed by atoms with van der Waals surface area (Å²) < 4.78 is 0. The second-order valence-corrected chi connectivity index (χ2v) is 7.01. The zero-order valence-electron chi connectivity index (χ0n) is 12.3. The highest BCUT2D eigenvalue weighted by Gasteiger charge is 2.25. The third-order valence-corrected chi connectivity index (χ3v) is 5.54. The molecule has 1 fully saturated rings. The third kappa shape index (κ3) is 3.20. The number of carbonyl (C=O) groups excluding carboxylic acids is 1. The van der Waals surface area contributed by atoms with Crippen molar-refractivity contribution in [2.45, 2.75) is 25.8 Å². The summed E-state index contributed by atoms with van der Waals surface area (Å²) in [6.45, 7) is 4.08. The fourth-order valence-electron chi connectivity index (χ4n) is 2.23. The molecule has 1 atom stereocenters. The van der Waals surface area contributed by atoms with Crippen molar-refractivity contribution in [3.8, 4) is 0 Å². The molecule has 1 aliphatic heterocycles. The number of anilines is 2. The summed E-state index contributed by atoms with van der Waals surface area (Å²) in [7, 11) is 1.83. The SMILES string of the molecule is CSCC(C)N(C)C(=O)c1sc(N2CCCC2)nc1N. The molecule has 2 N–H and O–H groups in total. The van der Waals surface area contributed by atoms with Crippen molar-refractivity contribution in [2.75, 3.05) is 42.8 Å². The maximum Gasteiger partial charge on any atom is 0.267 e. The predicted octanol–water partition coefficient (Wildman–Crippen LogP) is 2.15. The van der Waals surface area contributed by atoms with Gasteiger partial charge in [0.1, 0.15) is 10.7 Å². The zero-order chi connectivity index (χ0) is 14.7. The minimum absolute atomic E-state index is 0.0213. The zero-order valence-corrected chi connectivity index (χ0v) is 13.9.